The second kappa shape index (κ2) is 12.3. The van der Waals surface area contributed by atoms with E-state index in [0.717, 1.165) is 24.0 Å². The third kappa shape index (κ3) is 6.20. The number of anilines is 1. The van der Waals surface area contributed by atoms with Crippen molar-refractivity contribution in [3.05, 3.63) is 45.9 Å². The molecule has 1 saturated heterocycles. The zero-order valence-electron chi connectivity index (χ0n) is 22.4. The molecule has 0 saturated carbocycles. The average Bonchev–Trinajstić information content (AvgIpc) is 3.25. The van der Waals surface area contributed by atoms with Gasteiger partial charge in [0.1, 0.15) is 18.2 Å². The predicted molar refractivity (Wildman–Crippen MR) is 143 cm³/mol. The van der Waals surface area contributed by atoms with Crippen molar-refractivity contribution in [1.29, 1.82) is 0 Å². The van der Waals surface area contributed by atoms with Crippen molar-refractivity contribution >= 4 is 28.9 Å². The van der Waals surface area contributed by atoms with Crippen molar-refractivity contribution in [3.63, 3.8) is 0 Å². The molecule has 1 fully saturated rings. The summed E-state index contributed by atoms with van der Waals surface area (Å²) in [5.74, 6) is -0.557. The molecule has 0 radical (unpaired) electrons. The minimum absolute atomic E-state index is 0.0746. The number of ether oxygens (including phenoxy) is 3. The van der Waals surface area contributed by atoms with Crippen LogP contribution in [0.5, 0.6) is 6.01 Å². The van der Waals surface area contributed by atoms with Crippen LogP contribution in [-0.4, -0.2) is 76.8 Å². The van der Waals surface area contributed by atoms with Crippen LogP contribution in [0.3, 0.4) is 0 Å². The molecule has 0 bridgehead atoms. The van der Waals surface area contributed by atoms with Gasteiger partial charge in [-0.2, -0.15) is 9.97 Å². The first-order chi connectivity index (χ1) is 18.7. The van der Waals surface area contributed by atoms with Crippen LogP contribution in [0.4, 0.5) is 5.82 Å². The van der Waals surface area contributed by atoms with Gasteiger partial charge in [-0.25, -0.2) is 4.79 Å². The number of benzene rings is 1. The molecule has 1 aromatic carbocycles. The molecule has 1 amide bonds. The van der Waals surface area contributed by atoms with Gasteiger partial charge in [0.25, 0.3) is 0 Å². The molecule has 1 aliphatic rings. The zero-order valence-corrected chi connectivity index (χ0v) is 22.4. The molecule has 0 aliphatic carbocycles. The number of hydrogen-bond acceptors (Lipinski definition) is 10. The van der Waals surface area contributed by atoms with Crippen LogP contribution in [0.15, 0.2) is 29.1 Å². The highest BCUT2D eigenvalue weighted by atomic mass is 16.5. The van der Waals surface area contributed by atoms with Gasteiger partial charge in [0.15, 0.2) is 11.5 Å². The first-order valence-electron chi connectivity index (χ1n) is 12.8. The Morgan fingerprint density at radius 3 is 2.59 bits per heavy atom. The first kappa shape index (κ1) is 28.0. The second-order valence-corrected chi connectivity index (χ2v) is 9.65. The van der Waals surface area contributed by atoms with Crippen LogP contribution in [-0.2, 0) is 25.5 Å². The quantitative estimate of drug-likeness (QED) is 0.233. The van der Waals surface area contributed by atoms with Crippen molar-refractivity contribution < 1.29 is 23.8 Å². The maximum atomic E-state index is 12.9. The summed E-state index contributed by atoms with van der Waals surface area (Å²) >= 11 is 0. The number of piperidine rings is 1. The molecule has 3 aromatic rings. The number of nitrogens with one attached hydrogen (secondary N) is 1. The lowest BCUT2D eigenvalue weighted by Gasteiger charge is -2.38. The summed E-state index contributed by atoms with van der Waals surface area (Å²) in [5, 5.41) is 0. The van der Waals surface area contributed by atoms with Crippen LogP contribution < -0.4 is 21.9 Å². The normalized spacial score (nSPS) is 16.2. The van der Waals surface area contributed by atoms with E-state index in [0.29, 0.717) is 30.9 Å². The van der Waals surface area contributed by atoms with Gasteiger partial charge in [0.2, 0.25) is 5.91 Å². The standard InChI is InChI=1S/C26H35N7O6/c1-15(33-24-20(29-26(33)36)22(27)30-25(31-24)39-12-11-37-2)17-7-9-32(10-8-17)21(23(28)35)18-6-4-5-16(13-18)14-19(34)38-3/h4-6,13,15,17,21H,7-12,14H2,1-3H3,(H2,28,35)(H,29,36)(H2,27,30,31). The van der Waals surface area contributed by atoms with E-state index in [9.17, 15) is 14.4 Å². The van der Waals surface area contributed by atoms with Crippen LogP contribution in [0.2, 0.25) is 0 Å². The van der Waals surface area contributed by atoms with E-state index in [-0.39, 0.29) is 48.5 Å². The van der Waals surface area contributed by atoms with Crippen LogP contribution in [0.1, 0.15) is 43.0 Å². The van der Waals surface area contributed by atoms with E-state index in [1.165, 1.54) is 7.11 Å². The molecule has 1 aliphatic heterocycles. The molecular weight excluding hydrogens is 506 g/mol. The van der Waals surface area contributed by atoms with Crippen molar-refractivity contribution in [3.8, 4) is 6.01 Å². The fourth-order valence-electron chi connectivity index (χ4n) is 5.20. The fourth-order valence-corrected chi connectivity index (χ4v) is 5.20. The van der Waals surface area contributed by atoms with Gasteiger partial charge in [-0.15, -0.1) is 0 Å². The third-order valence-corrected chi connectivity index (χ3v) is 7.24. The number of methoxy groups -OCH3 is 2. The number of hydrogen-bond donors (Lipinski definition) is 3. The molecule has 2 aromatic heterocycles. The van der Waals surface area contributed by atoms with E-state index in [2.05, 4.69) is 15.0 Å². The lowest BCUT2D eigenvalue weighted by atomic mass is 9.88. The molecule has 2 unspecified atom stereocenters. The molecular formula is C26H35N7O6. The Labute approximate surface area is 225 Å². The number of nitrogens with two attached hydrogens (primary N) is 2. The Morgan fingerprint density at radius 1 is 1.18 bits per heavy atom. The molecule has 2 atom stereocenters. The number of rotatable bonds is 11. The largest absolute Gasteiger partial charge is 0.469 e. The summed E-state index contributed by atoms with van der Waals surface area (Å²) in [6.45, 7) is 3.78. The van der Waals surface area contributed by atoms with Gasteiger partial charge in [0.05, 0.1) is 20.1 Å². The monoisotopic (exact) mass is 541 g/mol. The van der Waals surface area contributed by atoms with E-state index < -0.39 is 11.9 Å². The maximum absolute atomic E-state index is 12.9. The number of nitrogens with zero attached hydrogens (tertiary/aromatic N) is 4. The minimum atomic E-state index is -0.631. The molecule has 39 heavy (non-hydrogen) atoms. The van der Waals surface area contributed by atoms with E-state index in [1.54, 1.807) is 11.7 Å². The summed E-state index contributed by atoms with van der Waals surface area (Å²) in [7, 11) is 2.90. The number of carbonyl (C=O) groups excluding carboxylic acids is 2. The Hall–Kier alpha value is -3.97. The molecule has 4 rings (SSSR count). The summed E-state index contributed by atoms with van der Waals surface area (Å²) in [5.41, 5.74) is 13.8. The van der Waals surface area contributed by atoms with E-state index >= 15 is 0 Å². The topological polar surface area (TPSA) is 181 Å². The Balaban J connectivity index is 1.51. The molecule has 5 N–H and O–H groups in total. The second-order valence-electron chi connectivity index (χ2n) is 9.65. The van der Waals surface area contributed by atoms with Gasteiger partial charge >= 0.3 is 17.7 Å². The number of aromatic amines is 1. The number of carbonyl (C=O) groups is 2. The molecule has 13 nitrogen and oxygen atoms in total. The summed E-state index contributed by atoms with van der Waals surface area (Å²) in [6, 6.07) is 6.53. The summed E-state index contributed by atoms with van der Waals surface area (Å²) < 4.78 is 16.9. The lowest BCUT2D eigenvalue weighted by Crippen LogP contribution is -2.44. The molecule has 3 heterocycles. The highest BCUT2D eigenvalue weighted by Crippen LogP contribution is 2.34. The number of primary amides is 1. The van der Waals surface area contributed by atoms with Gasteiger partial charge in [0, 0.05) is 13.2 Å². The number of nitrogen functional groups attached to an aromatic ring is 1. The van der Waals surface area contributed by atoms with Crippen LogP contribution in [0, 0.1) is 5.92 Å². The smallest absolute Gasteiger partial charge is 0.328 e. The minimum Gasteiger partial charge on any atom is -0.469 e. The van der Waals surface area contributed by atoms with Gasteiger partial charge < -0.3 is 30.7 Å². The summed E-state index contributed by atoms with van der Waals surface area (Å²) in [4.78, 5) is 50.6. The number of likely N-dealkylation sites (tertiary alicyclic amines) is 1. The van der Waals surface area contributed by atoms with Crippen LogP contribution in [0.25, 0.3) is 11.2 Å². The molecule has 0 spiro atoms. The van der Waals surface area contributed by atoms with Crippen molar-refractivity contribution in [1.82, 2.24) is 24.4 Å². The average molecular weight is 542 g/mol. The van der Waals surface area contributed by atoms with E-state index in [4.69, 9.17) is 25.7 Å². The number of imidazole rings is 1. The SMILES string of the molecule is COCCOc1nc(N)c2[nH]c(=O)n(C(C)C3CCN(C(C(N)=O)c4cccc(CC(=O)OC)c4)CC3)c2n1. The van der Waals surface area contributed by atoms with Gasteiger partial charge in [-0.3, -0.25) is 19.1 Å². The van der Waals surface area contributed by atoms with Gasteiger partial charge in [-0.05, 0) is 49.9 Å². The van der Waals surface area contributed by atoms with Crippen molar-refractivity contribution in [2.45, 2.75) is 38.3 Å². The van der Waals surface area contributed by atoms with Gasteiger partial charge in [-0.1, -0.05) is 24.3 Å². The maximum Gasteiger partial charge on any atom is 0.328 e. The summed E-state index contributed by atoms with van der Waals surface area (Å²) in [6.07, 6.45) is 1.56. The number of H-pyrrole nitrogens is 1. The van der Waals surface area contributed by atoms with Crippen molar-refractivity contribution in [2.75, 3.05) is 46.3 Å². The van der Waals surface area contributed by atoms with E-state index in [1.807, 2.05) is 36.1 Å². The molecule has 13 heteroatoms. The number of amides is 1. The predicted octanol–water partition coefficient (Wildman–Crippen LogP) is 0.942. The number of aromatic nitrogens is 4. The van der Waals surface area contributed by atoms with Crippen molar-refractivity contribution in [2.24, 2.45) is 11.7 Å². The Kier molecular flexibility index (Phi) is 8.82. The Bertz CT molecular complexity index is 1380. The number of esters is 1. The highest BCUT2D eigenvalue weighted by molar-refractivity contribution is 5.82. The number of fused-ring (bicyclic) bond motifs is 1. The lowest BCUT2D eigenvalue weighted by molar-refractivity contribution is -0.139. The molecule has 210 valence electrons. The first-order valence-corrected chi connectivity index (χ1v) is 12.8. The Morgan fingerprint density at radius 2 is 1.92 bits per heavy atom. The zero-order chi connectivity index (χ0) is 28.1. The fraction of sp³-hybridized carbons (Fsp3) is 0.500. The van der Waals surface area contributed by atoms with Crippen LogP contribution >= 0.6 is 0 Å². The third-order valence-electron chi connectivity index (χ3n) is 7.24. The highest BCUT2D eigenvalue weighted by Gasteiger charge is 2.33.